The maximum absolute atomic E-state index is 12.7. The number of fused-ring (bicyclic) bond motifs is 1. The van der Waals surface area contributed by atoms with Crippen LogP contribution in [-0.2, 0) is 0 Å². The van der Waals surface area contributed by atoms with E-state index in [2.05, 4.69) is 10.3 Å². The van der Waals surface area contributed by atoms with Gasteiger partial charge in [-0.2, -0.15) is 0 Å². The highest BCUT2D eigenvalue weighted by Crippen LogP contribution is 2.25. The number of hydrogen-bond acceptors (Lipinski definition) is 4. The van der Waals surface area contributed by atoms with Crippen molar-refractivity contribution in [1.82, 2.24) is 14.9 Å². The molecule has 1 heterocycles. The lowest BCUT2D eigenvalue weighted by molar-refractivity contribution is -0.384. The predicted octanol–water partition coefficient (Wildman–Crippen LogP) is 4.42. The fourth-order valence-electron chi connectivity index (χ4n) is 3.27. The van der Waals surface area contributed by atoms with Crippen molar-refractivity contribution in [2.45, 2.75) is 13.0 Å². The Hall–Kier alpha value is -4.00. The molecule has 29 heavy (non-hydrogen) atoms. The number of hydrogen-bond donors (Lipinski definition) is 1. The largest absolute Gasteiger partial charge is 0.346 e. The Morgan fingerprint density at radius 2 is 1.90 bits per heavy atom. The lowest BCUT2D eigenvalue weighted by Gasteiger charge is -2.15. The Bertz CT molecular complexity index is 1200. The van der Waals surface area contributed by atoms with Gasteiger partial charge in [0.05, 0.1) is 17.3 Å². The normalized spacial score (nSPS) is 11.9. The Kier molecular flexibility index (Phi) is 4.78. The first-order chi connectivity index (χ1) is 14.0. The molecular formula is C22H18N4O3. The van der Waals surface area contributed by atoms with Crippen LogP contribution in [0.25, 0.3) is 16.5 Å². The minimum atomic E-state index is -0.501. The molecule has 7 heteroatoms. The first kappa shape index (κ1) is 18.4. The fourth-order valence-corrected chi connectivity index (χ4v) is 3.27. The van der Waals surface area contributed by atoms with Gasteiger partial charge in [0.25, 0.3) is 11.6 Å². The maximum atomic E-state index is 12.7. The van der Waals surface area contributed by atoms with Crippen LogP contribution in [0.2, 0.25) is 0 Å². The highest BCUT2D eigenvalue weighted by atomic mass is 16.6. The molecule has 1 unspecified atom stereocenters. The van der Waals surface area contributed by atoms with Gasteiger partial charge in [0.1, 0.15) is 5.69 Å². The summed E-state index contributed by atoms with van der Waals surface area (Å²) in [6.07, 6.45) is 4.63. The van der Waals surface area contributed by atoms with Crippen molar-refractivity contribution in [3.8, 4) is 5.69 Å². The zero-order chi connectivity index (χ0) is 20.4. The molecule has 1 aromatic heterocycles. The maximum Gasteiger partial charge on any atom is 0.294 e. The van der Waals surface area contributed by atoms with Crippen LogP contribution in [0.3, 0.4) is 0 Å². The van der Waals surface area contributed by atoms with E-state index in [0.29, 0.717) is 5.69 Å². The summed E-state index contributed by atoms with van der Waals surface area (Å²) in [4.78, 5) is 27.6. The minimum Gasteiger partial charge on any atom is -0.346 e. The zero-order valence-corrected chi connectivity index (χ0v) is 15.6. The molecule has 0 aliphatic carbocycles. The second-order valence-corrected chi connectivity index (χ2v) is 6.73. The number of nitrogens with one attached hydrogen (secondary N) is 1. The molecule has 7 nitrogen and oxygen atoms in total. The van der Waals surface area contributed by atoms with Gasteiger partial charge < -0.3 is 9.88 Å². The quantitative estimate of drug-likeness (QED) is 0.406. The summed E-state index contributed by atoms with van der Waals surface area (Å²) in [6.45, 7) is 1.89. The molecule has 0 spiro atoms. The standard InChI is InChI=1S/C22H18N4O3/c1-15(17-7-6-16-4-2-3-5-18(16)12-17)24-22(27)19-8-9-20(21(13-19)26(28)29)25-11-10-23-14-25/h2-15H,1H3,(H,24,27). The summed E-state index contributed by atoms with van der Waals surface area (Å²) < 4.78 is 1.54. The van der Waals surface area contributed by atoms with E-state index in [-0.39, 0.29) is 23.2 Å². The number of benzene rings is 3. The number of amides is 1. The smallest absolute Gasteiger partial charge is 0.294 e. The lowest BCUT2D eigenvalue weighted by Crippen LogP contribution is -2.26. The van der Waals surface area contributed by atoms with Crippen molar-refractivity contribution in [3.63, 3.8) is 0 Å². The molecule has 0 bridgehead atoms. The van der Waals surface area contributed by atoms with Gasteiger partial charge in [-0.1, -0.05) is 36.4 Å². The summed E-state index contributed by atoms with van der Waals surface area (Å²) in [7, 11) is 0. The van der Waals surface area contributed by atoms with E-state index >= 15 is 0 Å². The predicted molar refractivity (Wildman–Crippen MR) is 110 cm³/mol. The molecular weight excluding hydrogens is 368 g/mol. The molecule has 0 aliphatic heterocycles. The van der Waals surface area contributed by atoms with Gasteiger partial charge in [0.2, 0.25) is 0 Å². The van der Waals surface area contributed by atoms with Crippen LogP contribution < -0.4 is 5.32 Å². The van der Waals surface area contributed by atoms with Crippen LogP contribution in [0.15, 0.2) is 79.4 Å². The van der Waals surface area contributed by atoms with E-state index in [9.17, 15) is 14.9 Å². The third-order valence-electron chi connectivity index (χ3n) is 4.84. The molecule has 4 rings (SSSR count). The topological polar surface area (TPSA) is 90.1 Å². The highest BCUT2D eigenvalue weighted by Gasteiger charge is 2.20. The number of nitro groups is 1. The molecule has 144 valence electrons. The highest BCUT2D eigenvalue weighted by molar-refractivity contribution is 5.95. The average molecular weight is 386 g/mol. The molecule has 0 fully saturated rings. The van der Waals surface area contributed by atoms with Crippen LogP contribution in [0, 0.1) is 10.1 Å². The molecule has 4 aromatic rings. The first-order valence-electron chi connectivity index (χ1n) is 9.09. The van der Waals surface area contributed by atoms with Gasteiger partial charge in [0, 0.05) is 24.0 Å². The van der Waals surface area contributed by atoms with E-state index in [1.54, 1.807) is 18.3 Å². The third kappa shape index (κ3) is 3.70. The number of carbonyl (C=O) groups excluding carboxylic acids is 1. The van der Waals surface area contributed by atoms with E-state index in [1.165, 1.54) is 23.2 Å². The molecule has 0 saturated carbocycles. The molecule has 0 radical (unpaired) electrons. The van der Waals surface area contributed by atoms with E-state index in [4.69, 9.17) is 0 Å². The summed E-state index contributed by atoms with van der Waals surface area (Å²) in [5, 5.41) is 16.6. The Morgan fingerprint density at radius 3 is 2.62 bits per heavy atom. The number of aromatic nitrogens is 2. The van der Waals surface area contributed by atoms with Gasteiger partial charge in [-0.3, -0.25) is 14.9 Å². The number of nitrogens with zero attached hydrogens (tertiary/aromatic N) is 3. The van der Waals surface area contributed by atoms with Crippen LogP contribution in [0.4, 0.5) is 5.69 Å². The van der Waals surface area contributed by atoms with E-state index in [0.717, 1.165) is 16.3 Å². The van der Waals surface area contributed by atoms with Crippen LogP contribution in [0.5, 0.6) is 0 Å². The molecule has 0 aliphatic rings. The average Bonchev–Trinajstić information content (AvgIpc) is 3.27. The number of imidazole rings is 1. The van der Waals surface area contributed by atoms with Crippen molar-refractivity contribution in [2.24, 2.45) is 0 Å². The van der Waals surface area contributed by atoms with Crippen molar-refractivity contribution >= 4 is 22.4 Å². The second-order valence-electron chi connectivity index (χ2n) is 6.73. The Labute approximate surface area is 166 Å². The number of rotatable bonds is 5. The van der Waals surface area contributed by atoms with Gasteiger partial charge in [0.15, 0.2) is 0 Å². The Balaban J connectivity index is 1.58. The SMILES string of the molecule is CC(NC(=O)c1ccc(-n2ccnc2)c([N+](=O)[O-])c1)c1ccc2ccccc2c1. The van der Waals surface area contributed by atoms with E-state index < -0.39 is 4.92 Å². The lowest BCUT2D eigenvalue weighted by atomic mass is 10.0. The number of carbonyl (C=O) groups is 1. The molecule has 0 saturated heterocycles. The first-order valence-corrected chi connectivity index (χ1v) is 9.09. The molecule has 3 aromatic carbocycles. The summed E-state index contributed by atoms with van der Waals surface area (Å²) in [5.74, 6) is -0.370. The summed E-state index contributed by atoms with van der Waals surface area (Å²) >= 11 is 0. The molecule has 1 atom stereocenters. The van der Waals surface area contributed by atoms with Gasteiger partial charge in [-0.05, 0) is 41.5 Å². The third-order valence-corrected chi connectivity index (χ3v) is 4.84. The van der Waals surface area contributed by atoms with Crippen LogP contribution >= 0.6 is 0 Å². The van der Waals surface area contributed by atoms with Crippen LogP contribution in [-0.4, -0.2) is 20.4 Å². The van der Waals surface area contributed by atoms with Crippen molar-refractivity contribution < 1.29 is 9.72 Å². The van der Waals surface area contributed by atoms with Gasteiger partial charge >= 0.3 is 0 Å². The zero-order valence-electron chi connectivity index (χ0n) is 15.6. The van der Waals surface area contributed by atoms with Crippen LogP contribution in [0.1, 0.15) is 28.9 Å². The van der Waals surface area contributed by atoms with Gasteiger partial charge in [-0.15, -0.1) is 0 Å². The fraction of sp³-hybridized carbons (Fsp3) is 0.0909. The summed E-state index contributed by atoms with van der Waals surface area (Å²) in [6, 6.07) is 18.2. The summed E-state index contributed by atoms with van der Waals surface area (Å²) in [5.41, 5.74) is 1.38. The molecule has 1 N–H and O–H groups in total. The molecule has 1 amide bonds. The van der Waals surface area contributed by atoms with Crippen molar-refractivity contribution in [3.05, 3.63) is 101 Å². The Morgan fingerprint density at radius 1 is 1.10 bits per heavy atom. The number of nitro benzene ring substituents is 1. The minimum absolute atomic E-state index is 0.158. The van der Waals surface area contributed by atoms with Crippen molar-refractivity contribution in [1.29, 1.82) is 0 Å². The van der Waals surface area contributed by atoms with E-state index in [1.807, 2.05) is 49.4 Å². The van der Waals surface area contributed by atoms with Gasteiger partial charge in [-0.25, -0.2) is 4.98 Å². The monoisotopic (exact) mass is 386 g/mol. The second kappa shape index (κ2) is 7.55. The van der Waals surface area contributed by atoms with Crippen molar-refractivity contribution in [2.75, 3.05) is 0 Å².